The van der Waals surface area contributed by atoms with Crippen LogP contribution in [0, 0.1) is 5.82 Å². The number of rotatable bonds is 3. The van der Waals surface area contributed by atoms with E-state index in [1.54, 1.807) is 12.1 Å². The summed E-state index contributed by atoms with van der Waals surface area (Å²) in [6.07, 6.45) is 2.79. The molecule has 2 aromatic rings. The van der Waals surface area contributed by atoms with Gasteiger partial charge in [-0.1, -0.05) is 17.7 Å². The SMILES string of the molecule is CC(C)Oc1cccc(F)c1-c1ncc(Cl)cn1. The lowest BCUT2D eigenvalue weighted by Crippen LogP contribution is -2.07. The Kier molecular flexibility index (Phi) is 3.77. The molecule has 1 heterocycles. The van der Waals surface area contributed by atoms with Crippen molar-refractivity contribution in [3.05, 3.63) is 41.4 Å². The summed E-state index contributed by atoms with van der Waals surface area (Å²) < 4.78 is 19.5. The van der Waals surface area contributed by atoms with Gasteiger partial charge in [-0.25, -0.2) is 14.4 Å². The molecule has 2 rings (SSSR count). The van der Waals surface area contributed by atoms with Gasteiger partial charge in [0.25, 0.3) is 0 Å². The van der Waals surface area contributed by atoms with E-state index in [0.29, 0.717) is 10.8 Å². The minimum absolute atomic E-state index is 0.0575. The standard InChI is InChI=1S/C13H12ClFN2O/c1-8(2)18-11-5-3-4-10(15)12(11)13-16-6-9(14)7-17-13/h3-8H,1-2H3. The molecule has 3 nitrogen and oxygen atoms in total. The number of aromatic nitrogens is 2. The predicted molar refractivity (Wildman–Crippen MR) is 68.2 cm³/mol. The van der Waals surface area contributed by atoms with Crippen LogP contribution in [0.15, 0.2) is 30.6 Å². The zero-order valence-corrected chi connectivity index (χ0v) is 10.8. The molecule has 0 spiro atoms. The first kappa shape index (κ1) is 12.8. The number of ether oxygens (including phenoxy) is 1. The van der Waals surface area contributed by atoms with E-state index < -0.39 is 5.82 Å². The molecule has 0 aliphatic heterocycles. The number of halogens is 2. The molecule has 0 saturated carbocycles. The Hall–Kier alpha value is -1.68. The minimum Gasteiger partial charge on any atom is -0.490 e. The molecule has 0 fully saturated rings. The van der Waals surface area contributed by atoms with Crippen molar-refractivity contribution in [3.8, 4) is 17.1 Å². The number of hydrogen-bond donors (Lipinski definition) is 0. The van der Waals surface area contributed by atoms with Crippen LogP contribution in [0.4, 0.5) is 4.39 Å². The van der Waals surface area contributed by atoms with E-state index in [9.17, 15) is 4.39 Å². The Morgan fingerprint density at radius 3 is 2.50 bits per heavy atom. The summed E-state index contributed by atoms with van der Waals surface area (Å²) in [5.41, 5.74) is 0.253. The first-order valence-electron chi connectivity index (χ1n) is 5.51. The van der Waals surface area contributed by atoms with E-state index in [4.69, 9.17) is 16.3 Å². The Bertz CT molecular complexity index is 543. The fourth-order valence-electron chi connectivity index (χ4n) is 1.51. The van der Waals surface area contributed by atoms with Crippen LogP contribution in [0.3, 0.4) is 0 Å². The highest BCUT2D eigenvalue weighted by Gasteiger charge is 2.15. The monoisotopic (exact) mass is 266 g/mol. The summed E-state index contributed by atoms with van der Waals surface area (Å²) >= 11 is 5.71. The molecule has 0 radical (unpaired) electrons. The summed E-state index contributed by atoms with van der Waals surface area (Å²) in [5, 5.41) is 0.404. The van der Waals surface area contributed by atoms with E-state index >= 15 is 0 Å². The van der Waals surface area contributed by atoms with Crippen molar-refractivity contribution < 1.29 is 9.13 Å². The van der Waals surface area contributed by atoms with E-state index in [1.807, 2.05) is 13.8 Å². The molecule has 5 heteroatoms. The summed E-state index contributed by atoms with van der Waals surface area (Å²) in [4.78, 5) is 8.03. The third-order valence-corrected chi connectivity index (χ3v) is 2.38. The molecule has 0 aliphatic carbocycles. The van der Waals surface area contributed by atoms with Gasteiger partial charge in [0.1, 0.15) is 11.6 Å². The molecular weight excluding hydrogens is 255 g/mol. The van der Waals surface area contributed by atoms with Gasteiger partial charge in [0.2, 0.25) is 0 Å². The van der Waals surface area contributed by atoms with Crippen LogP contribution >= 0.6 is 11.6 Å². The van der Waals surface area contributed by atoms with Crippen molar-refractivity contribution in [2.24, 2.45) is 0 Å². The Labute approximate surface area is 110 Å². The normalized spacial score (nSPS) is 10.7. The average molecular weight is 267 g/mol. The van der Waals surface area contributed by atoms with Crippen molar-refractivity contribution in [1.29, 1.82) is 0 Å². The Balaban J connectivity index is 2.51. The molecule has 0 aliphatic rings. The topological polar surface area (TPSA) is 35.0 Å². The molecule has 0 saturated heterocycles. The van der Waals surface area contributed by atoms with Gasteiger partial charge in [-0.3, -0.25) is 0 Å². The van der Waals surface area contributed by atoms with Gasteiger partial charge in [-0.2, -0.15) is 0 Å². The van der Waals surface area contributed by atoms with E-state index in [-0.39, 0.29) is 17.5 Å². The minimum atomic E-state index is -0.421. The van der Waals surface area contributed by atoms with E-state index in [1.165, 1.54) is 18.5 Å². The lowest BCUT2D eigenvalue weighted by Gasteiger charge is -2.13. The average Bonchev–Trinajstić information content (AvgIpc) is 2.30. The van der Waals surface area contributed by atoms with Gasteiger partial charge >= 0.3 is 0 Å². The molecule has 1 aromatic carbocycles. The summed E-state index contributed by atoms with van der Waals surface area (Å²) in [6.45, 7) is 3.74. The molecule has 18 heavy (non-hydrogen) atoms. The number of hydrogen-bond acceptors (Lipinski definition) is 3. The summed E-state index contributed by atoms with van der Waals surface area (Å²) in [6, 6.07) is 4.63. The van der Waals surface area contributed by atoms with Gasteiger partial charge in [0, 0.05) is 12.4 Å². The van der Waals surface area contributed by atoms with E-state index in [0.717, 1.165) is 0 Å². The molecule has 1 aromatic heterocycles. The predicted octanol–water partition coefficient (Wildman–Crippen LogP) is 3.72. The van der Waals surface area contributed by atoms with Crippen molar-refractivity contribution in [2.45, 2.75) is 20.0 Å². The second-order valence-electron chi connectivity index (χ2n) is 4.00. The lowest BCUT2D eigenvalue weighted by molar-refractivity contribution is 0.242. The van der Waals surface area contributed by atoms with Crippen LogP contribution in [0.25, 0.3) is 11.4 Å². The van der Waals surface area contributed by atoms with Crippen molar-refractivity contribution >= 4 is 11.6 Å². The Morgan fingerprint density at radius 1 is 1.22 bits per heavy atom. The van der Waals surface area contributed by atoms with Gasteiger partial charge < -0.3 is 4.74 Å². The summed E-state index contributed by atoms with van der Waals surface area (Å²) in [7, 11) is 0. The van der Waals surface area contributed by atoms with Crippen LogP contribution < -0.4 is 4.74 Å². The number of benzene rings is 1. The largest absolute Gasteiger partial charge is 0.490 e. The lowest BCUT2D eigenvalue weighted by atomic mass is 10.1. The smallest absolute Gasteiger partial charge is 0.165 e. The van der Waals surface area contributed by atoms with Gasteiger partial charge in [0.05, 0.1) is 16.7 Å². The maximum Gasteiger partial charge on any atom is 0.165 e. The van der Waals surface area contributed by atoms with E-state index in [2.05, 4.69) is 9.97 Å². The highest BCUT2D eigenvalue weighted by molar-refractivity contribution is 6.30. The molecule has 94 valence electrons. The summed E-state index contributed by atoms with van der Waals surface area (Å²) in [5.74, 6) is 0.260. The maximum atomic E-state index is 13.9. The zero-order chi connectivity index (χ0) is 13.1. The quantitative estimate of drug-likeness (QED) is 0.849. The van der Waals surface area contributed by atoms with Crippen molar-refractivity contribution in [3.63, 3.8) is 0 Å². The fourth-order valence-corrected chi connectivity index (χ4v) is 1.61. The third-order valence-electron chi connectivity index (χ3n) is 2.18. The van der Waals surface area contributed by atoms with Crippen molar-refractivity contribution in [1.82, 2.24) is 9.97 Å². The highest BCUT2D eigenvalue weighted by atomic mass is 35.5. The van der Waals surface area contributed by atoms with Crippen LogP contribution in [-0.4, -0.2) is 16.1 Å². The Morgan fingerprint density at radius 2 is 1.89 bits per heavy atom. The molecule has 0 unspecified atom stereocenters. The highest BCUT2D eigenvalue weighted by Crippen LogP contribution is 2.31. The second kappa shape index (κ2) is 5.31. The van der Waals surface area contributed by atoms with Gasteiger partial charge in [0.15, 0.2) is 5.82 Å². The van der Waals surface area contributed by atoms with Gasteiger partial charge in [-0.15, -0.1) is 0 Å². The van der Waals surface area contributed by atoms with Crippen LogP contribution in [0.5, 0.6) is 5.75 Å². The fraction of sp³-hybridized carbons (Fsp3) is 0.231. The second-order valence-corrected chi connectivity index (χ2v) is 4.44. The van der Waals surface area contributed by atoms with Crippen LogP contribution in [-0.2, 0) is 0 Å². The molecule has 0 amide bonds. The third kappa shape index (κ3) is 2.76. The van der Waals surface area contributed by atoms with Crippen LogP contribution in [0.2, 0.25) is 5.02 Å². The van der Waals surface area contributed by atoms with Crippen molar-refractivity contribution in [2.75, 3.05) is 0 Å². The molecule has 0 atom stereocenters. The first-order valence-corrected chi connectivity index (χ1v) is 5.89. The van der Waals surface area contributed by atoms with Gasteiger partial charge in [-0.05, 0) is 26.0 Å². The molecule has 0 bridgehead atoms. The maximum absolute atomic E-state index is 13.9. The first-order chi connectivity index (χ1) is 8.58. The van der Waals surface area contributed by atoms with Crippen LogP contribution in [0.1, 0.15) is 13.8 Å². The molecule has 0 N–H and O–H groups in total. The molecular formula is C13H12ClFN2O. The zero-order valence-electron chi connectivity index (χ0n) is 10.0. The number of nitrogens with zero attached hydrogens (tertiary/aromatic N) is 2.